The van der Waals surface area contributed by atoms with Gasteiger partial charge in [0.05, 0.1) is 24.7 Å². The second-order valence-electron chi connectivity index (χ2n) is 5.84. The van der Waals surface area contributed by atoms with Gasteiger partial charge in [-0.25, -0.2) is 9.79 Å². The summed E-state index contributed by atoms with van der Waals surface area (Å²) in [6.45, 7) is 1.43. The molecule has 0 N–H and O–H groups in total. The van der Waals surface area contributed by atoms with E-state index in [0.717, 1.165) is 28.9 Å². The van der Waals surface area contributed by atoms with E-state index in [1.807, 2.05) is 48.5 Å². The molecule has 0 aliphatic carbocycles. The fourth-order valence-electron chi connectivity index (χ4n) is 2.64. The number of rotatable bonds is 5. The zero-order valence-electron chi connectivity index (χ0n) is 14.7. The van der Waals surface area contributed by atoms with Gasteiger partial charge in [0.2, 0.25) is 0 Å². The van der Waals surface area contributed by atoms with Crippen LogP contribution in [-0.4, -0.2) is 42.6 Å². The van der Waals surface area contributed by atoms with E-state index in [1.54, 1.807) is 18.2 Å². The van der Waals surface area contributed by atoms with Gasteiger partial charge in [0, 0.05) is 13.1 Å². The number of aliphatic imine (C=N–C) groups is 1. The molecule has 0 fully saturated rings. The van der Waals surface area contributed by atoms with Crippen LogP contribution in [0.2, 0.25) is 0 Å². The summed E-state index contributed by atoms with van der Waals surface area (Å²) >= 11 is 0. The molecule has 0 unspecified atom stereocenters. The van der Waals surface area contributed by atoms with Crippen molar-refractivity contribution in [1.82, 2.24) is 9.88 Å². The van der Waals surface area contributed by atoms with Gasteiger partial charge in [-0.2, -0.15) is 0 Å². The first kappa shape index (κ1) is 17.7. The largest absolute Gasteiger partial charge is 0.486 e. The first-order chi connectivity index (χ1) is 12.8. The number of carbonyl (C=O) groups excluding carboxylic acids is 1. The second-order valence-corrected chi connectivity index (χ2v) is 5.84. The lowest BCUT2D eigenvalue weighted by Crippen LogP contribution is -2.35. The van der Waals surface area contributed by atoms with Gasteiger partial charge in [0.15, 0.2) is 6.40 Å². The van der Waals surface area contributed by atoms with Crippen molar-refractivity contribution in [3.05, 3.63) is 66.0 Å². The van der Waals surface area contributed by atoms with Gasteiger partial charge >= 0.3 is 6.09 Å². The quantitative estimate of drug-likeness (QED) is 0.607. The van der Waals surface area contributed by atoms with E-state index in [4.69, 9.17) is 9.47 Å². The first-order valence-corrected chi connectivity index (χ1v) is 8.42. The highest BCUT2D eigenvalue weighted by Crippen LogP contribution is 2.22. The Morgan fingerprint density at radius 2 is 2.12 bits per heavy atom. The number of nitrogens with zero attached hydrogens (tertiary/aromatic N) is 3. The monoisotopic (exact) mass is 351 g/mol. The smallest absolute Gasteiger partial charge is 0.410 e. The Labute approximate surface area is 152 Å². The molecule has 0 atom stereocenters. The zero-order valence-corrected chi connectivity index (χ0v) is 14.7. The lowest BCUT2D eigenvalue weighted by atomic mass is 10.0. The molecule has 1 aromatic carbocycles. The van der Waals surface area contributed by atoms with Crippen LogP contribution < -0.4 is 0 Å². The van der Waals surface area contributed by atoms with E-state index >= 15 is 0 Å². The van der Waals surface area contributed by atoms with Crippen molar-refractivity contribution in [2.24, 2.45) is 4.99 Å². The Morgan fingerprint density at radius 3 is 2.77 bits per heavy atom. The third-order valence-corrected chi connectivity index (χ3v) is 4.06. The molecule has 1 aliphatic rings. The number of ether oxygens (including phenoxy) is 2. The lowest BCUT2D eigenvalue weighted by Gasteiger charge is -2.25. The molecule has 1 amide bonds. The normalized spacial score (nSPS) is 14.2. The van der Waals surface area contributed by atoms with Crippen LogP contribution in [0.4, 0.5) is 10.5 Å². The van der Waals surface area contributed by atoms with Gasteiger partial charge in [0.1, 0.15) is 6.61 Å². The van der Waals surface area contributed by atoms with Crippen LogP contribution in [0.1, 0.15) is 17.7 Å². The summed E-state index contributed by atoms with van der Waals surface area (Å²) in [4.78, 5) is 22.4. The van der Waals surface area contributed by atoms with Gasteiger partial charge in [-0.15, -0.1) is 0 Å². The number of pyridine rings is 1. The molecule has 6 heteroatoms. The summed E-state index contributed by atoms with van der Waals surface area (Å²) in [5.74, 6) is 0. The highest BCUT2D eigenvalue weighted by Gasteiger charge is 2.19. The molecule has 1 aliphatic heterocycles. The Bertz CT molecular complexity index is 786. The van der Waals surface area contributed by atoms with Crippen molar-refractivity contribution in [3.63, 3.8) is 0 Å². The highest BCUT2D eigenvalue weighted by molar-refractivity contribution is 5.71. The topological polar surface area (TPSA) is 64.0 Å². The summed E-state index contributed by atoms with van der Waals surface area (Å²) in [5, 5.41) is 0. The van der Waals surface area contributed by atoms with Gasteiger partial charge in [-0.05, 0) is 29.7 Å². The number of aromatic nitrogens is 1. The van der Waals surface area contributed by atoms with Gasteiger partial charge < -0.3 is 14.4 Å². The average Bonchev–Trinajstić information content (AvgIpc) is 2.72. The summed E-state index contributed by atoms with van der Waals surface area (Å²) in [5.41, 5.74) is 3.74. The van der Waals surface area contributed by atoms with Crippen LogP contribution in [0.25, 0.3) is 5.57 Å². The molecule has 134 valence electrons. The Balaban J connectivity index is 1.54. The van der Waals surface area contributed by atoms with E-state index in [1.165, 1.54) is 6.40 Å². The van der Waals surface area contributed by atoms with Crippen molar-refractivity contribution in [2.45, 2.75) is 13.0 Å². The van der Waals surface area contributed by atoms with Gasteiger partial charge in [0.25, 0.3) is 0 Å². The van der Waals surface area contributed by atoms with Gasteiger partial charge in [-0.3, -0.25) is 4.98 Å². The second kappa shape index (κ2) is 8.80. The number of carbonyl (C=O) groups is 1. The maximum absolute atomic E-state index is 12.2. The average molecular weight is 351 g/mol. The van der Waals surface area contributed by atoms with Crippen molar-refractivity contribution < 1.29 is 14.3 Å². The summed E-state index contributed by atoms with van der Waals surface area (Å²) in [7, 11) is 1.55. The third kappa shape index (κ3) is 4.69. The van der Waals surface area contributed by atoms with Crippen LogP contribution in [-0.2, 0) is 16.1 Å². The fourth-order valence-corrected chi connectivity index (χ4v) is 2.64. The number of hydrogen-bond acceptors (Lipinski definition) is 5. The van der Waals surface area contributed by atoms with E-state index in [9.17, 15) is 4.79 Å². The lowest BCUT2D eigenvalue weighted by molar-refractivity contribution is 0.0998. The van der Waals surface area contributed by atoms with Crippen LogP contribution in [0, 0.1) is 0 Å². The van der Waals surface area contributed by atoms with Crippen molar-refractivity contribution in [1.29, 1.82) is 0 Å². The Morgan fingerprint density at radius 1 is 1.27 bits per heavy atom. The molecular formula is C20H21N3O3. The predicted molar refractivity (Wildman–Crippen MR) is 100 cm³/mol. The summed E-state index contributed by atoms with van der Waals surface area (Å²) < 4.78 is 10.2. The van der Waals surface area contributed by atoms with E-state index in [2.05, 4.69) is 9.98 Å². The molecule has 3 rings (SSSR count). The number of amides is 1. The fraction of sp³-hybridized carbons (Fsp3) is 0.250. The zero-order chi connectivity index (χ0) is 18.2. The maximum atomic E-state index is 12.2. The van der Waals surface area contributed by atoms with Crippen LogP contribution in [0.5, 0.6) is 0 Å². The molecule has 0 saturated heterocycles. The number of benzene rings is 1. The number of methoxy groups -OCH3 is 1. The minimum atomic E-state index is -0.290. The Hall–Kier alpha value is -3.15. The standard InChI is InChI=1S/C20H21N3O3/c1-25-15-22-18-7-8-19(21-13-18)17-9-11-23(12-10-17)20(24)26-14-16-5-3-2-4-6-16/h2-9,13,15H,10-12,14H2,1H3/b22-15-. The third-order valence-electron chi connectivity index (χ3n) is 4.06. The summed E-state index contributed by atoms with van der Waals surface area (Å²) in [6, 6.07) is 13.5. The van der Waals surface area contributed by atoms with Crippen molar-refractivity contribution >= 4 is 23.8 Å². The van der Waals surface area contributed by atoms with Crippen molar-refractivity contribution in [3.8, 4) is 0 Å². The number of hydrogen-bond donors (Lipinski definition) is 0. The molecule has 0 bridgehead atoms. The minimum absolute atomic E-state index is 0.289. The van der Waals surface area contributed by atoms with Gasteiger partial charge in [-0.1, -0.05) is 36.4 Å². The molecular weight excluding hydrogens is 330 g/mol. The predicted octanol–water partition coefficient (Wildman–Crippen LogP) is 3.81. The first-order valence-electron chi connectivity index (χ1n) is 8.42. The maximum Gasteiger partial charge on any atom is 0.410 e. The Kier molecular flexibility index (Phi) is 5.98. The van der Waals surface area contributed by atoms with E-state index in [0.29, 0.717) is 13.1 Å². The molecule has 0 radical (unpaired) electrons. The van der Waals surface area contributed by atoms with E-state index in [-0.39, 0.29) is 12.7 Å². The van der Waals surface area contributed by atoms with Crippen LogP contribution >= 0.6 is 0 Å². The molecule has 0 saturated carbocycles. The molecule has 1 aromatic heterocycles. The van der Waals surface area contributed by atoms with E-state index < -0.39 is 0 Å². The van der Waals surface area contributed by atoms with Crippen LogP contribution in [0.3, 0.4) is 0 Å². The highest BCUT2D eigenvalue weighted by atomic mass is 16.6. The van der Waals surface area contributed by atoms with Crippen molar-refractivity contribution in [2.75, 3.05) is 20.2 Å². The molecule has 0 spiro atoms. The molecule has 2 aromatic rings. The minimum Gasteiger partial charge on any atom is -0.486 e. The molecule has 6 nitrogen and oxygen atoms in total. The van der Waals surface area contributed by atoms with Crippen LogP contribution in [0.15, 0.2) is 59.7 Å². The SMILES string of the molecule is CO/C=N\c1ccc(C2=CCN(C(=O)OCc3ccccc3)CC2)nc1. The molecule has 26 heavy (non-hydrogen) atoms. The molecule has 2 heterocycles. The summed E-state index contributed by atoms with van der Waals surface area (Å²) in [6.07, 6.45) is 5.55.